The molecule has 1 amide bonds. The summed E-state index contributed by atoms with van der Waals surface area (Å²) in [7, 11) is 0. The molecule has 1 aromatic carbocycles. The maximum Gasteiger partial charge on any atom is 0.271 e. The summed E-state index contributed by atoms with van der Waals surface area (Å²) in [6.45, 7) is 5.76. The highest BCUT2D eigenvalue weighted by Crippen LogP contribution is 2.09. The molecule has 0 aliphatic carbocycles. The van der Waals surface area contributed by atoms with Gasteiger partial charge >= 0.3 is 0 Å². The molecule has 0 spiro atoms. The van der Waals surface area contributed by atoms with Crippen LogP contribution < -0.4 is 5.43 Å². The van der Waals surface area contributed by atoms with Crippen molar-refractivity contribution >= 4 is 11.6 Å². The van der Waals surface area contributed by atoms with Gasteiger partial charge in [-0.2, -0.15) is 5.10 Å². The SMILES string of the molecule is C/C(=N\NC(=O)c1ccc(C)c(C)c1)c1ccco1. The minimum atomic E-state index is -0.228. The number of benzene rings is 1. The molecule has 0 bridgehead atoms. The number of hydrazone groups is 1. The van der Waals surface area contributed by atoms with E-state index in [0.29, 0.717) is 17.0 Å². The number of aryl methyl sites for hydroxylation is 2. The monoisotopic (exact) mass is 256 g/mol. The van der Waals surface area contributed by atoms with Gasteiger partial charge in [-0.3, -0.25) is 4.79 Å². The fourth-order valence-electron chi connectivity index (χ4n) is 1.62. The van der Waals surface area contributed by atoms with Crippen LogP contribution in [0.2, 0.25) is 0 Å². The molecule has 1 N–H and O–H groups in total. The molecule has 19 heavy (non-hydrogen) atoms. The fourth-order valence-corrected chi connectivity index (χ4v) is 1.62. The van der Waals surface area contributed by atoms with Crippen LogP contribution in [0.1, 0.15) is 34.2 Å². The number of nitrogens with zero attached hydrogens (tertiary/aromatic N) is 1. The van der Waals surface area contributed by atoms with Crippen molar-refractivity contribution in [2.24, 2.45) is 5.10 Å². The van der Waals surface area contributed by atoms with Crippen LogP contribution in [0.25, 0.3) is 0 Å². The first kappa shape index (κ1) is 13.1. The van der Waals surface area contributed by atoms with E-state index in [1.807, 2.05) is 26.0 Å². The zero-order valence-corrected chi connectivity index (χ0v) is 11.2. The second kappa shape index (κ2) is 5.52. The first-order chi connectivity index (χ1) is 9.08. The third kappa shape index (κ3) is 3.10. The van der Waals surface area contributed by atoms with Crippen LogP contribution in [-0.4, -0.2) is 11.6 Å². The van der Waals surface area contributed by atoms with E-state index >= 15 is 0 Å². The average Bonchev–Trinajstić information content (AvgIpc) is 2.92. The number of furan rings is 1. The van der Waals surface area contributed by atoms with E-state index in [9.17, 15) is 4.79 Å². The van der Waals surface area contributed by atoms with Crippen LogP contribution in [0.3, 0.4) is 0 Å². The van der Waals surface area contributed by atoms with Crippen molar-refractivity contribution in [2.75, 3.05) is 0 Å². The summed E-state index contributed by atoms with van der Waals surface area (Å²) in [5.74, 6) is 0.411. The average molecular weight is 256 g/mol. The normalized spacial score (nSPS) is 11.4. The van der Waals surface area contributed by atoms with E-state index < -0.39 is 0 Å². The minimum Gasteiger partial charge on any atom is -0.463 e. The number of hydrogen-bond acceptors (Lipinski definition) is 3. The maximum atomic E-state index is 11.9. The zero-order chi connectivity index (χ0) is 13.8. The number of hydrogen-bond donors (Lipinski definition) is 1. The second-order valence-electron chi connectivity index (χ2n) is 4.41. The van der Waals surface area contributed by atoms with E-state index in [-0.39, 0.29) is 5.91 Å². The standard InChI is InChI=1S/C15H16N2O2/c1-10-6-7-13(9-11(10)2)15(18)17-16-12(3)14-5-4-8-19-14/h4-9H,1-3H3,(H,17,18)/b16-12+. The lowest BCUT2D eigenvalue weighted by Crippen LogP contribution is -2.19. The molecule has 0 atom stereocenters. The highest BCUT2D eigenvalue weighted by atomic mass is 16.3. The van der Waals surface area contributed by atoms with Crippen LogP contribution in [-0.2, 0) is 0 Å². The van der Waals surface area contributed by atoms with Crippen molar-refractivity contribution in [2.45, 2.75) is 20.8 Å². The van der Waals surface area contributed by atoms with Gasteiger partial charge < -0.3 is 4.42 Å². The first-order valence-electron chi connectivity index (χ1n) is 6.03. The highest BCUT2D eigenvalue weighted by molar-refractivity contribution is 5.99. The van der Waals surface area contributed by atoms with Crippen molar-refractivity contribution in [3.63, 3.8) is 0 Å². The molecule has 2 rings (SSSR count). The lowest BCUT2D eigenvalue weighted by atomic mass is 10.1. The van der Waals surface area contributed by atoms with Crippen molar-refractivity contribution in [3.8, 4) is 0 Å². The van der Waals surface area contributed by atoms with Gasteiger partial charge in [-0.05, 0) is 56.2 Å². The van der Waals surface area contributed by atoms with E-state index in [2.05, 4.69) is 10.5 Å². The molecule has 2 aromatic rings. The molecular formula is C15H16N2O2. The summed E-state index contributed by atoms with van der Waals surface area (Å²) in [5.41, 5.74) is 5.99. The molecule has 1 aromatic heterocycles. The van der Waals surface area contributed by atoms with E-state index in [1.54, 1.807) is 31.4 Å². The van der Waals surface area contributed by atoms with Crippen molar-refractivity contribution in [1.29, 1.82) is 0 Å². The van der Waals surface area contributed by atoms with Gasteiger partial charge in [0.2, 0.25) is 0 Å². The number of carbonyl (C=O) groups excluding carboxylic acids is 1. The summed E-state index contributed by atoms with van der Waals surface area (Å²) in [6.07, 6.45) is 1.57. The Morgan fingerprint density at radius 2 is 2.00 bits per heavy atom. The molecule has 0 saturated carbocycles. The Kier molecular flexibility index (Phi) is 3.80. The summed E-state index contributed by atoms with van der Waals surface area (Å²) in [6, 6.07) is 9.13. The molecule has 0 fully saturated rings. The molecule has 0 saturated heterocycles. The molecule has 0 aliphatic heterocycles. The van der Waals surface area contributed by atoms with Crippen LogP contribution in [0.5, 0.6) is 0 Å². The number of rotatable bonds is 3. The van der Waals surface area contributed by atoms with Crippen LogP contribution in [0.15, 0.2) is 46.1 Å². The fraction of sp³-hybridized carbons (Fsp3) is 0.200. The predicted octanol–water partition coefficient (Wildman–Crippen LogP) is 3.05. The molecule has 4 heteroatoms. The van der Waals surface area contributed by atoms with Gasteiger partial charge in [0.05, 0.1) is 6.26 Å². The largest absolute Gasteiger partial charge is 0.463 e. The van der Waals surface area contributed by atoms with Gasteiger partial charge in [0.15, 0.2) is 0 Å². The number of nitrogens with one attached hydrogen (secondary N) is 1. The van der Waals surface area contributed by atoms with Gasteiger partial charge in [-0.1, -0.05) is 6.07 Å². The third-order valence-corrected chi connectivity index (χ3v) is 2.97. The molecule has 0 aliphatic rings. The van der Waals surface area contributed by atoms with Crippen LogP contribution >= 0.6 is 0 Å². The molecule has 4 nitrogen and oxygen atoms in total. The topological polar surface area (TPSA) is 54.6 Å². The van der Waals surface area contributed by atoms with Crippen LogP contribution in [0.4, 0.5) is 0 Å². The van der Waals surface area contributed by atoms with Crippen molar-refractivity contribution in [3.05, 3.63) is 59.0 Å². The van der Waals surface area contributed by atoms with Gasteiger partial charge in [0, 0.05) is 5.56 Å². The van der Waals surface area contributed by atoms with Crippen molar-refractivity contribution < 1.29 is 9.21 Å². The van der Waals surface area contributed by atoms with E-state index in [1.165, 1.54) is 0 Å². The van der Waals surface area contributed by atoms with Crippen molar-refractivity contribution in [1.82, 2.24) is 5.43 Å². The minimum absolute atomic E-state index is 0.228. The maximum absolute atomic E-state index is 11.9. The summed E-state index contributed by atoms with van der Waals surface area (Å²) >= 11 is 0. The molecular weight excluding hydrogens is 240 g/mol. The van der Waals surface area contributed by atoms with Gasteiger partial charge in [0.1, 0.15) is 11.5 Å². The smallest absolute Gasteiger partial charge is 0.271 e. The Hall–Kier alpha value is -2.36. The Labute approximate surface area is 112 Å². The lowest BCUT2D eigenvalue weighted by Gasteiger charge is -2.04. The van der Waals surface area contributed by atoms with E-state index in [4.69, 9.17) is 4.42 Å². The Bertz CT molecular complexity index is 613. The molecule has 0 unspecified atom stereocenters. The Morgan fingerprint density at radius 1 is 1.21 bits per heavy atom. The van der Waals surface area contributed by atoms with Gasteiger partial charge in [-0.25, -0.2) is 5.43 Å². The van der Waals surface area contributed by atoms with Crippen LogP contribution in [0, 0.1) is 13.8 Å². The number of carbonyl (C=O) groups is 1. The molecule has 98 valence electrons. The second-order valence-corrected chi connectivity index (χ2v) is 4.41. The van der Waals surface area contributed by atoms with Gasteiger partial charge in [-0.15, -0.1) is 0 Å². The quantitative estimate of drug-likeness (QED) is 0.677. The summed E-state index contributed by atoms with van der Waals surface area (Å²) in [4.78, 5) is 11.9. The lowest BCUT2D eigenvalue weighted by molar-refractivity contribution is 0.0954. The third-order valence-electron chi connectivity index (χ3n) is 2.97. The summed E-state index contributed by atoms with van der Waals surface area (Å²) < 4.78 is 5.19. The predicted molar refractivity (Wildman–Crippen MR) is 74.3 cm³/mol. The van der Waals surface area contributed by atoms with E-state index in [0.717, 1.165) is 11.1 Å². The molecule has 1 heterocycles. The molecule has 0 radical (unpaired) electrons. The highest BCUT2D eigenvalue weighted by Gasteiger charge is 2.06. The Morgan fingerprint density at radius 3 is 2.63 bits per heavy atom. The zero-order valence-electron chi connectivity index (χ0n) is 11.2. The number of amides is 1. The van der Waals surface area contributed by atoms with Gasteiger partial charge in [0.25, 0.3) is 5.91 Å². The Balaban J connectivity index is 2.09. The summed E-state index contributed by atoms with van der Waals surface area (Å²) in [5, 5.41) is 4.02. The first-order valence-corrected chi connectivity index (χ1v) is 6.03.